The monoisotopic (exact) mass is 970 g/mol. The molecule has 4 rings (SSSR count). The van der Waals surface area contributed by atoms with Gasteiger partial charge in [-0.15, -0.1) is 5.10 Å². The van der Waals surface area contributed by atoms with Crippen LogP contribution >= 0.6 is 0 Å². The Morgan fingerprint density at radius 1 is 0.618 bits per heavy atom. The molecule has 2 aliphatic heterocycles. The molecule has 3 heterocycles. The Balaban J connectivity index is 1.33. The van der Waals surface area contributed by atoms with E-state index in [1.54, 1.807) is 12.3 Å². The molecule has 390 valence electrons. The van der Waals surface area contributed by atoms with Crippen LogP contribution in [0.25, 0.3) is 0 Å². The molecule has 0 radical (unpaired) electrons. The molecule has 19 heteroatoms. The number of hydrogen-bond donors (Lipinski definition) is 6. The van der Waals surface area contributed by atoms with Crippen LogP contribution in [0.5, 0.6) is 11.5 Å². The minimum absolute atomic E-state index is 0.123. The van der Waals surface area contributed by atoms with E-state index in [-0.39, 0.29) is 18.7 Å². The van der Waals surface area contributed by atoms with E-state index in [2.05, 4.69) is 44.9 Å². The first-order chi connectivity index (χ1) is 32.8. The molecule has 2 fully saturated rings. The maximum absolute atomic E-state index is 13.4. The fourth-order valence-corrected chi connectivity index (χ4v) is 7.76. The van der Waals surface area contributed by atoms with E-state index < -0.39 is 79.4 Å². The number of carbonyl (C=O) groups excluding carboxylic acids is 1. The van der Waals surface area contributed by atoms with Crippen molar-refractivity contribution >= 4 is 5.97 Å². The van der Waals surface area contributed by atoms with Gasteiger partial charge in [0, 0.05) is 24.7 Å². The minimum atomic E-state index is -1.86. The van der Waals surface area contributed by atoms with E-state index in [9.17, 15) is 35.4 Å². The first-order valence-corrected chi connectivity index (χ1v) is 25.1. The van der Waals surface area contributed by atoms with Gasteiger partial charge >= 0.3 is 5.97 Å². The summed E-state index contributed by atoms with van der Waals surface area (Å²) in [4.78, 5) is 13.4. The number of ether oxygens (including phenoxy) is 9. The summed E-state index contributed by atoms with van der Waals surface area (Å²) in [6, 6.07) is 4.76. The van der Waals surface area contributed by atoms with E-state index in [1.165, 1.54) is 29.7 Å². The van der Waals surface area contributed by atoms with Gasteiger partial charge in [-0.3, -0.25) is 0 Å². The van der Waals surface area contributed by atoms with Crippen molar-refractivity contribution in [2.45, 2.75) is 199 Å². The molecule has 0 spiro atoms. The van der Waals surface area contributed by atoms with Crippen molar-refractivity contribution in [2.75, 3.05) is 52.9 Å². The van der Waals surface area contributed by atoms with E-state index in [0.29, 0.717) is 63.4 Å². The van der Waals surface area contributed by atoms with Gasteiger partial charge in [0.05, 0.1) is 57.9 Å². The zero-order chi connectivity index (χ0) is 49.3. The maximum atomic E-state index is 13.4. The highest BCUT2D eigenvalue weighted by molar-refractivity contribution is 5.90. The lowest BCUT2D eigenvalue weighted by atomic mass is 9.94. The Hall–Kier alpha value is -3.05. The van der Waals surface area contributed by atoms with E-state index in [1.807, 2.05) is 0 Å². The highest BCUT2D eigenvalue weighted by Gasteiger charge is 2.50. The van der Waals surface area contributed by atoms with Crippen LogP contribution in [0.1, 0.15) is 141 Å². The standard InChI is InChI=1S/C49H83N3O16/c1-6-10-14-18-20-60-31-49(5,32-61-21-19-15-11-7-2)33-62-29-35-27-52(51-50-35)28-38-40(53)42(55)44(57)47(66-38)68-48-45(58)43(56)41(54)39(67-48)30-65-46(59)34-24-36(63-22-16-12-8-3)26-37(25-34)64-23-17-13-9-4/h24-27,38-45,47-48,53-58H,6-23,28-33H2,1-5H3/t38-,39?,40-,41-,42?,43?,44?,45?,47-,48+/m1/s1. The summed E-state index contributed by atoms with van der Waals surface area (Å²) in [6.07, 6.45) is -0.501. The zero-order valence-electron chi connectivity index (χ0n) is 41.2. The lowest BCUT2D eigenvalue weighted by Gasteiger charge is -2.44. The fraction of sp³-hybridized carbons (Fsp3) is 0.816. The van der Waals surface area contributed by atoms with Crippen molar-refractivity contribution in [3.8, 4) is 11.5 Å². The van der Waals surface area contributed by atoms with Crippen molar-refractivity contribution in [3.63, 3.8) is 0 Å². The second-order valence-corrected chi connectivity index (χ2v) is 18.5. The summed E-state index contributed by atoms with van der Waals surface area (Å²) >= 11 is 0. The SMILES string of the molecule is CCCCCCOCC(C)(COCCCCCC)COCc1cn(C[C@H]2O[C@H](O[C@@H]3OC(COC(=O)c4cc(OCCCCC)cc(OCCCCC)c4)[C@@H](O)C(O)C3O)C(O)C(O)[C@@H]2O)nn1. The smallest absolute Gasteiger partial charge is 0.338 e. The number of benzene rings is 1. The number of aromatic nitrogens is 3. The van der Waals surface area contributed by atoms with Crippen LogP contribution in [-0.4, -0.2) is 166 Å². The number of hydrogen-bond acceptors (Lipinski definition) is 18. The van der Waals surface area contributed by atoms with Gasteiger partial charge in [0.25, 0.3) is 0 Å². The predicted octanol–water partition coefficient (Wildman–Crippen LogP) is 4.62. The van der Waals surface area contributed by atoms with Crippen LogP contribution in [0.15, 0.2) is 24.4 Å². The number of carbonyl (C=O) groups is 1. The molecule has 1 aromatic heterocycles. The molecule has 0 amide bonds. The molecule has 1 aromatic carbocycles. The van der Waals surface area contributed by atoms with E-state index in [0.717, 1.165) is 77.0 Å². The molecule has 5 unspecified atom stereocenters. The summed E-state index contributed by atoms with van der Waals surface area (Å²) in [7, 11) is 0. The predicted molar refractivity (Wildman–Crippen MR) is 249 cm³/mol. The number of nitrogens with zero attached hydrogens (tertiary/aromatic N) is 3. The molecule has 0 bridgehead atoms. The Labute approximate surface area is 402 Å². The van der Waals surface area contributed by atoms with Crippen LogP contribution in [0.3, 0.4) is 0 Å². The van der Waals surface area contributed by atoms with Crippen molar-refractivity contribution in [1.29, 1.82) is 0 Å². The van der Waals surface area contributed by atoms with Gasteiger partial charge in [0.2, 0.25) is 0 Å². The summed E-state index contributed by atoms with van der Waals surface area (Å²) in [5, 5.41) is 73.6. The Morgan fingerprint density at radius 3 is 1.65 bits per heavy atom. The average molecular weight is 970 g/mol. The first-order valence-electron chi connectivity index (χ1n) is 25.1. The van der Waals surface area contributed by atoms with Gasteiger partial charge in [-0.25, -0.2) is 9.48 Å². The molecule has 19 nitrogen and oxygen atoms in total. The van der Waals surface area contributed by atoms with Crippen molar-refractivity contribution in [2.24, 2.45) is 5.41 Å². The zero-order valence-corrected chi connectivity index (χ0v) is 41.2. The highest BCUT2D eigenvalue weighted by Crippen LogP contribution is 2.30. The van der Waals surface area contributed by atoms with Crippen LogP contribution in [0, 0.1) is 5.41 Å². The van der Waals surface area contributed by atoms with Gasteiger partial charge in [0.1, 0.15) is 72.6 Å². The first kappa shape index (κ1) is 57.5. The minimum Gasteiger partial charge on any atom is -0.493 e. The topological polar surface area (TPSA) is 252 Å². The molecule has 6 N–H and O–H groups in total. The average Bonchev–Trinajstić information content (AvgIpc) is 3.78. The number of aliphatic hydroxyl groups is 6. The third-order valence-corrected chi connectivity index (χ3v) is 12.0. The van der Waals surface area contributed by atoms with E-state index >= 15 is 0 Å². The second kappa shape index (κ2) is 31.3. The Morgan fingerprint density at radius 2 is 1.10 bits per heavy atom. The van der Waals surface area contributed by atoms with Gasteiger partial charge in [-0.1, -0.05) is 104 Å². The third kappa shape index (κ3) is 19.3. The van der Waals surface area contributed by atoms with Crippen molar-refractivity contribution in [3.05, 3.63) is 35.7 Å². The van der Waals surface area contributed by atoms with Crippen molar-refractivity contribution < 1.29 is 78.1 Å². The highest BCUT2D eigenvalue weighted by atomic mass is 16.8. The molecule has 0 saturated carbocycles. The lowest BCUT2D eigenvalue weighted by Crippen LogP contribution is -2.63. The van der Waals surface area contributed by atoms with E-state index in [4.69, 9.17) is 42.6 Å². The quantitative estimate of drug-likeness (QED) is 0.0407. The van der Waals surface area contributed by atoms with Gasteiger partial charge in [0.15, 0.2) is 12.6 Å². The molecule has 2 saturated heterocycles. The molecule has 2 aliphatic rings. The fourth-order valence-electron chi connectivity index (χ4n) is 7.76. The van der Waals surface area contributed by atoms with Gasteiger partial charge < -0.3 is 73.3 Å². The molecule has 10 atom stereocenters. The molecule has 2 aromatic rings. The Kier molecular flexibility index (Phi) is 26.5. The Bertz CT molecular complexity index is 1620. The number of unbranched alkanes of at least 4 members (excludes halogenated alkanes) is 10. The number of esters is 1. The summed E-state index contributed by atoms with van der Waals surface area (Å²) < 4.78 is 54.4. The number of aliphatic hydroxyl groups excluding tert-OH is 6. The summed E-state index contributed by atoms with van der Waals surface area (Å²) in [6.45, 7) is 13.6. The summed E-state index contributed by atoms with van der Waals surface area (Å²) in [5.74, 6) is 0.0593. The van der Waals surface area contributed by atoms with Crippen LogP contribution < -0.4 is 9.47 Å². The molecule has 0 aliphatic carbocycles. The largest absolute Gasteiger partial charge is 0.493 e. The third-order valence-electron chi connectivity index (χ3n) is 12.0. The maximum Gasteiger partial charge on any atom is 0.338 e. The second-order valence-electron chi connectivity index (χ2n) is 18.5. The lowest BCUT2D eigenvalue weighted by molar-refractivity contribution is -0.375. The van der Waals surface area contributed by atoms with Gasteiger partial charge in [-0.2, -0.15) is 0 Å². The van der Waals surface area contributed by atoms with Gasteiger partial charge in [-0.05, 0) is 37.8 Å². The summed E-state index contributed by atoms with van der Waals surface area (Å²) in [5.41, 5.74) is 0.219. The normalized spacial score (nSPS) is 25.4. The van der Waals surface area contributed by atoms with Crippen molar-refractivity contribution in [1.82, 2.24) is 15.0 Å². The van der Waals surface area contributed by atoms with Crippen LogP contribution in [0.4, 0.5) is 0 Å². The molecular weight excluding hydrogens is 887 g/mol. The molecular formula is C49H83N3O16. The molecule has 68 heavy (non-hydrogen) atoms. The number of rotatable bonds is 35. The van der Waals surface area contributed by atoms with Crippen LogP contribution in [0.2, 0.25) is 0 Å². The van der Waals surface area contributed by atoms with Crippen LogP contribution in [-0.2, 0) is 46.3 Å².